The van der Waals surface area contributed by atoms with Gasteiger partial charge in [-0.05, 0) is 20.3 Å². The molecule has 0 radical (unpaired) electrons. The molecule has 19 heavy (non-hydrogen) atoms. The van der Waals surface area contributed by atoms with Gasteiger partial charge in [0.1, 0.15) is 17.1 Å². The van der Waals surface area contributed by atoms with E-state index in [0.717, 1.165) is 5.82 Å². The van der Waals surface area contributed by atoms with Gasteiger partial charge in [-0.25, -0.2) is 4.98 Å². The number of rotatable bonds is 4. The molecule has 7 heteroatoms. The van der Waals surface area contributed by atoms with Crippen molar-refractivity contribution in [3.8, 4) is 0 Å². The van der Waals surface area contributed by atoms with Crippen LogP contribution in [-0.4, -0.2) is 38.2 Å². The normalized spacial score (nSPS) is 10.7. The molecule has 1 amide bonds. The molecule has 0 aliphatic carbocycles. The molecule has 0 spiro atoms. The first-order valence-corrected chi connectivity index (χ1v) is 6.11. The third kappa shape index (κ3) is 2.64. The number of aryl methyl sites for hydroxylation is 3. The molecule has 0 atom stereocenters. The quantitative estimate of drug-likeness (QED) is 0.896. The van der Waals surface area contributed by atoms with Crippen molar-refractivity contribution in [1.82, 2.24) is 25.2 Å². The van der Waals surface area contributed by atoms with Gasteiger partial charge in [0.2, 0.25) is 0 Å². The third-order valence-electron chi connectivity index (χ3n) is 2.85. The van der Waals surface area contributed by atoms with Crippen LogP contribution in [0.3, 0.4) is 0 Å². The predicted octanol–water partition coefficient (Wildman–Crippen LogP) is 1.24. The van der Waals surface area contributed by atoms with Gasteiger partial charge >= 0.3 is 0 Å². The summed E-state index contributed by atoms with van der Waals surface area (Å²) < 4.78 is 5.08. The van der Waals surface area contributed by atoms with Crippen LogP contribution in [-0.2, 0) is 13.0 Å². The Morgan fingerprint density at radius 3 is 2.74 bits per heavy atom. The van der Waals surface area contributed by atoms with Gasteiger partial charge in [-0.15, -0.1) is 0 Å². The number of aromatic amines is 1. The summed E-state index contributed by atoms with van der Waals surface area (Å²) in [6.45, 7) is 5.84. The zero-order valence-corrected chi connectivity index (χ0v) is 11.5. The molecule has 0 saturated heterocycles. The SMILES string of the molecule is CCc1noc(C)c1C(=O)N(C)Cc1n[nH]c(C)n1. The molecule has 2 heterocycles. The first kappa shape index (κ1) is 13.3. The molecule has 1 N–H and O–H groups in total. The highest BCUT2D eigenvalue weighted by Gasteiger charge is 2.23. The summed E-state index contributed by atoms with van der Waals surface area (Å²) in [6.07, 6.45) is 0.659. The van der Waals surface area contributed by atoms with E-state index in [2.05, 4.69) is 20.3 Å². The molecule has 2 rings (SSSR count). The molecular weight excluding hydrogens is 246 g/mol. The number of aromatic nitrogens is 4. The Kier molecular flexibility index (Phi) is 3.64. The second-order valence-corrected chi connectivity index (χ2v) is 4.41. The topological polar surface area (TPSA) is 87.9 Å². The fourth-order valence-electron chi connectivity index (χ4n) is 1.87. The smallest absolute Gasteiger partial charge is 0.259 e. The minimum atomic E-state index is -0.127. The Bertz CT molecular complexity index is 587. The fourth-order valence-corrected chi connectivity index (χ4v) is 1.87. The molecule has 0 fully saturated rings. The highest BCUT2D eigenvalue weighted by molar-refractivity contribution is 5.95. The van der Waals surface area contributed by atoms with Crippen LogP contribution in [0.5, 0.6) is 0 Å². The lowest BCUT2D eigenvalue weighted by molar-refractivity contribution is 0.0779. The molecule has 0 bridgehead atoms. The van der Waals surface area contributed by atoms with Crippen LogP contribution in [0.25, 0.3) is 0 Å². The molecular formula is C12H17N5O2. The van der Waals surface area contributed by atoms with Crippen molar-refractivity contribution in [2.24, 2.45) is 0 Å². The van der Waals surface area contributed by atoms with E-state index in [1.54, 1.807) is 18.9 Å². The van der Waals surface area contributed by atoms with E-state index < -0.39 is 0 Å². The Labute approximate surface area is 111 Å². The standard InChI is InChI=1S/C12H17N5O2/c1-5-9-11(7(2)19-16-9)12(18)17(4)6-10-13-8(3)14-15-10/h5-6H2,1-4H3,(H,13,14,15). The lowest BCUT2D eigenvalue weighted by Gasteiger charge is -2.14. The Balaban J connectivity index is 2.16. The van der Waals surface area contributed by atoms with Crippen molar-refractivity contribution >= 4 is 5.91 Å². The van der Waals surface area contributed by atoms with Crippen LogP contribution >= 0.6 is 0 Å². The van der Waals surface area contributed by atoms with E-state index in [1.165, 1.54) is 0 Å². The monoisotopic (exact) mass is 263 g/mol. The first-order chi connectivity index (χ1) is 9.02. The minimum Gasteiger partial charge on any atom is -0.361 e. The maximum Gasteiger partial charge on any atom is 0.259 e. The number of hydrogen-bond acceptors (Lipinski definition) is 5. The molecule has 2 aromatic rings. The largest absolute Gasteiger partial charge is 0.361 e. The van der Waals surface area contributed by atoms with E-state index in [1.807, 2.05) is 13.8 Å². The highest BCUT2D eigenvalue weighted by atomic mass is 16.5. The van der Waals surface area contributed by atoms with Crippen LogP contribution in [0.15, 0.2) is 4.52 Å². The van der Waals surface area contributed by atoms with Gasteiger partial charge in [0.15, 0.2) is 5.82 Å². The maximum absolute atomic E-state index is 12.4. The molecule has 7 nitrogen and oxygen atoms in total. The third-order valence-corrected chi connectivity index (χ3v) is 2.85. The molecule has 0 saturated carbocycles. The Morgan fingerprint density at radius 1 is 1.42 bits per heavy atom. The molecule has 0 aliphatic heterocycles. The van der Waals surface area contributed by atoms with Crippen molar-refractivity contribution in [3.05, 3.63) is 28.7 Å². The molecule has 0 aliphatic rings. The Hall–Kier alpha value is -2.18. The second kappa shape index (κ2) is 5.21. The van der Waals surface area contributed by atoms with Crippen LogP contribution in [0.2, 0.25) is 0 Å². The van der Waals surface area contributed by atoms with Gasteiger partial charge in [-0.2, -0.15) is 5.10 Å². The van der Waals surface area contributed by atoms with Crippen LogP contribution in [0.1, 0.15) is 40.4 Å². The summed E-state index contributed by atoms with van der Waals surface area (Å²) in [6, 6.07) is 0. The van der Waals surface area contributed by atoms with Crippen molar-refractivity contribution in [2.75, 3.05) is 7.05 Å². The van der Waals surface area contributed by atoms with Gasteiger partial charge in [0.25, 0.3) is 5.91 Å². The summed E-state index contributed by atoms with van der Waals surface area (Å²) >= 11 is 0. The highest BCUT2D eigenvalue weighted by Crippen LogP contribution is 2.16. The zero-order chi connectivity index (χ0) is 14.0. The van der Waals surface area contributed by atoms with Gasteiger partial charge in [0.05, 0.1) is 12.2 Å². The van der Waals surface area contributed by atoms with E-state index >= 15 is 0 Å². The molecule has 0 unspecified atom stereocenters. The van der Waals surface area contributed by atoms with Gasteiger partial charge < -0.3 is 9.42 Å². The maximum atomic E-state index is 12.4. The van der Waals surface area contributed by atoms with Crippen molar-refractivity contribution in [1.29, 1.82) is 0 Å². The van der Waals surface area contributed by atoms with Gasteiger partial charge in [-0.1, -0.05) is 12.1 Å². The van der Waals surface area contributed by atoms with Crippen molar-refractivity contribution in [2.45, 2.75) is 33.7 Å². The lowest BCUT2D eigenvalue weighted by Crippen LogP contribution is -2.27. The number of H-pyrrole nitrogens is 1. The lowest BCUT2D eigenvalue weighted by atomic mass is 10.1. The average Bonchev–Trinajstić information content (AvgIpc) is 2.94. The Morgan fingerprint density at radius 2 is 2.16 bits per heavy atom. The number of hydrogen-bond donors (Lipinski definition) is 1. The zero-order valence-electron chi connectivity index (χ0n) is 11.5. The van der Waals surface area contributed by atoms with Gasteiger partial charge in [0, 0.05) is 7.05 Å². The van der Waals surface area contributed by atoms with Crippen molar-refractivity contribution < 1.29 is 9.32 Å². The average molecular weight is 263 g/mol. The first-order valence-electron chi connectivity index (χ1n) is 6.11. The summed E-state index contributed by atoms with van der Waals surface area (Å²) in [5.74, 6) is 1.73. The van der Waals surface area contributed by atoms with E-state index in [4.69, 9.17) is 4.52 Å². The number of carbonyl (C=O) groups is 1. The van der Waals surface area contributed by atoms with Crippen LogP contribution < -0.4 is 0 Å². The molecule has 0 aromatic carbocycles. The van der Waals surface area contributed by atoms with Gasteiger partial charge in [-0.3, -0.25) is 9.89 Å². The van der Waals surface area contributed by atoms with Crippen LogP contribution in [0, 0.1) is 13.8 Å². The van der Waals surface area contributed by atoms with E-state index in [0.29, 0.717) is 35.8 Å². The molecule has 2 aromatic heterocycles. The fraction of sp³-hybridized carbons (Fsp3) is 0.500. The van der Waals surface area contributed by atoms with Crippen LogP contribution in [0.4, 0.5) is 0 Å². The number of nitrogens with zero attached hydrogens (tertiary/aromatic N) is 4. The minimum absolute atomic E-state index is 0.127. The summed E-state index contributed by atoms with van der Waals surface area (Å²) in [5, 5.41) is 10.7. The number of nitrogens with one attached hydrogen (secondary N) is 1. The van der Waals surface area contributed by atoms with Crippen molar-refractivity contribution in [3.63, 3.8) is 0 Å². The summed E-state index contributed by atoms with van der Waals surface area (Å²) in [5.41, 5.74) is 1.22. The summed E-state index contributed by atoms with van der Waals surface area (Å²) in [4.78, 5) is 18.1. The summed E-state index contributed by atoms with van der Waals surface area (Å²) in [7, 11) is 1.71. The van der Waals surface area contributed by atoms with E-state index in [-0.39, 0.29) is 5.91 Å². The molecule has 102 valence electrons. The van der Waals surface area contributed by atoms with E-state index in [9.17, 15) is 4.79 Å². The second-order valence-electron chi connectivity index (χ2n) is 4.41. The number of amides is 1. The predicted molar refractivity (Wildman–Crippen MR) is 67.5 cm³/mol. The number of carbonyl (C=O) groups excluding carboxylic acids is 1.